The molecule has 2 heterocycles. The number of hydrogen-bond acceptors (Lipinski definition) is 0. The first-order chi connectivity index (χ1) is 11.6. The van der Waals surface area contributed by atoms with Gasteiger partial charge >= 0.3 is 0 Å². The molecular weight excluding hydrogens is 292 g/mol. The summed E-state index contributed by atoms with van der Waals surface area (Å²) >= 11 is 0. The number of benzene rings is 1. The molecular formula is C22H26N2+2. The Labute approximate surface area is 145 Å². The number of aromatic nitrogens is 2. The Balaban J connectivity index is 1.98. The van der Waals surface area contributed by atoms with Crippen molar-refractivity contribution in [2.24, 2.45) is 14.1 Å². The highest BCUT2D eigenvalue weighted by molar-refractivity contribution is 5.68. The average molecular weight is 318 g/mol. The van der Waals surface area contributed by atoms with Gasteiger partial charge in [-0.05, 0) is 41.2 Å². The number of rotatable bonds is 4. The Morgan fingerprint density at radius 3 is 2.04 bits per heavy atom. The second kappa shape index (κ2) is 6.96. The zero-order valence-corrected chi connectivity index (χ0v) is 15.0. The van der Waals surface area contributed by atoms with Crippen LogP contribution < -0.4 is 9.13 Å². The lowest BCUT2D eigenvalue weighted by atomic mass is 9.96. The van der Waals surface area contributed by atoms with Gasteiger partial charge in [0.05, 0.1) is 0 Å². The highest BCUT2D eigenvalue weighted by Crippen LogP contribution is 2.25. The molecule has 24 heavy (non-hydrogen) atoms. The van der Waals surface area contributed by atoms with E-state index < -0.39 is 0 Å². The first-order valence-electron chi connectivity index (χ1n) is 8.64. The van der Waals surface area contributed by atoms with Crippen LogP contribution in [0.15, 0.2) is 67.1 Å². The van der Waals surface area contributed by atoms with Gasteiger partial charge in [0.25, 0.3) is 0 Å². The summed E-state index contributed by atoms with van der Waals surface area (Å²) in [5, 5.41) is 0. The summed E-state index contributed by atoms with van der Waals surface area (Å²) in [6, 6.07) is 17.8. The van der Waals surface area contributed by atoms with Gasteiger partial charge in [-0.1, -0.05) is 26.0 Å². The number of pyridine rings is 2. The van der Waals surface area contributed by atoms with Crippen molar-refractivity contribution >= 4 is 0 Å². The molecule has 0 bridgehead atoms. The maximum absolute atomic E-state index is 2.28. The Morgan fingerprint density at radius 2 is 1.42 bits per heavy atom. The Kier molecular flexibility index (Phi) is 4.75. The molecule has 0 aliphatic heterocycles. The molecule has 0 fully saturated rings. The second-order valence-corrected chi connectivity index (χ2v) is 6.60. The largest absolute Gasteiger partial charge is 0.212 e. The van der Waals surface area contributed by atoms with Gasteiger partial charge in [0.2, 0.25) is 5.69 Å². The predicted molar refractivity (Wildman–Crippen MR) is 98.4 cm³/mol. The zero-order chi connectivity index (χ0) is 17.1. The molecule has 0 spiro atoms. The maximum atomic E-state index is 2.28. The van der Waals surface area contributed by atoms with Gasteiger partial charge in [-0.2, -0.15) is 0 Å². The average Bonchev–Trinajstić information content (AvgIpc) is 2.62. The van der Waals surface area contributed by atoms with Crippen molar-refractivity contribution in [3.63, 3.8) is 0 Å². The third-order valence-electron chi connectivity index (χ3n) is 4.85. The van der Waals surface area contributed by atoms with Gasteiger partial charge in [-0.15, -0.1) is 0 Å². The van der Waals surface area contributed by atoms with Crippen molar-refractivity contribution in [2.75, 3.05) is 0 Å². The number of aryl methyl sites for hydroxylation is 2. The van der Waals surface area contributed by atoms with E-state index in [-0.39, 0.29) is 0 Å². The minimum atomic E-state index is 0.615. The predicted octanol–water partition coefficient (Wildman–Crippen LogP) is 4.18. The van der Waals surface area contributed by atoms with Gasteiger partial charge in [0, 0.05) is 29.8 Å². The molecule has 0 radical (unpaired) electrons. The monoisotopic (exact) mass is 318 g/mol. The van der Waals surface area contributed by atoms with E-state index in [1.54, 1.807) is 0 Å². The summed E-state index contributed by atoms with van der Waals surface area (Å²) in [5.74, 6) is 0.615. The van der Waals surface area contributed by atoms with Crippen molar-refractivity contribution in [1.29, 1.82) is 0 Å². The van der Waals surface area contributed by atoms with Crippen LogP contribution in [-0.4, -0.2) is 0 Å². The summed E-state index contributed by atoms with van der Waals surface area (Å²) < 4.78 is 4.24. The third kappa shape index (κ3) is 3.38. The van der Waals surface area contributed by atoms with E-state index in [9.17, 15) is 0 Å². The van der Waals surface area contributed by atoms with Gasteiger partial charge in [0.15, 0.2) is 18.6 Å². The molecule has 3 aromatic rings. The molecule has 1 unspecified atom stereocenters. The molecule has 3 rings (SSSR count). The van der Waals surface area contributed by atoms with Crippen molar-refractivity contribution in [2.45, 2.75) is 26.2 Å². The van der Waals surface area contributed by atoms with Crippen molar-refractivity contribution in [3.05, 3.63) is 72.7 Å². The highest BCUT2D eigenvalue weighted by atomic mass is 14.9. The van der Waals surface area contributed by atoms with E-state index in [4.69, 9.17) is 0 Å². The van der Waals surface area contributed by atoms with E-state index in [2.05, 4.69) is 97.2 Å². The van der Waals surface area contributed by atoms with Crippen LogP contribution >= 0.6 is 0 Å². The second-order valence-electron chi connectivity index (χ2n) is 6.60. The highest BCUT2D eigenvalue weighted by Gasteiger charge is 2.13. The molecule has 1 atom stereocenters. The molecule has 1 aromatic carbocycles. The fraction of sp³-hybridized carbons (Fsp3) is 0.273. The van der Waals surface area contributed by atoms with Crippen LogP contribution in [-0.2, 0) is 14.1 Å². The van der Waals surface area contributed by atoms with Crippen LogP contribution in [0.1, 0.15) is 31.7 Å². The fourth-order valence-corrected chi connectivity index (χ4v) is 2.95. The standard InChI is InChI=1S/C22H26N2/c1-5-17(2)18-6-8-20(9-7-18)22-16-21(12-15-24(22)4)19-10-13-23(3)14-11-19/h6-17H,5H2,1-4H3/q+2. The molecule has 0 amide bonds. The molecule has 0 aliphatic carbocycles. The molecule has 0 N–H and O–H groups in total. The van der Waals surface area contributed by atoms with Crippen LogP contribution in [0.2, 0.25) is 0 Å². The Morgan fingerprint density at radius 1 is 0.792 bits per heavy atom. The lowest BCUT2D eigenvalue weighted by molar-refractivity contribution is -0.671. The van der Waals surface area contributed by atoms with Gasteiger partial charge in [-0.3, -0.25) is 0 Å². The van der Waals surface area contributed by atoms with E-state index >= 15 is 0 Å². The smallest absolute Gasteiger partial charge is 0.208 e. The summed E-state index contributed by atoms with van der Waals surface area (Å²) in [6.45, 7) is 4.52. The lowest BCUT2D eigenvalue weighted by Gasteiger charge is -2.09. The van der Waals surface area contributed by atoms with Gasteiger partial charge in [-0.25, -0.2) is 9.13 Å². The normalized spacial score (nSPS) is 12.2. The first-order valence-corrected chi connectivity index (χ1v) is 8.64. The molecule has 2 nitrogen and oxygen atoms in total. The Hall–Kier alpha value is -2.48. The lowest BCUT2D eigenvalue weighted by Crippen LogP contribution is -2.30. The van der Waals surface area contributed by atoms with Crippen LogP contribution in [0.4, 0.5) is 0 Å². The number of hydrogen-bond donors (Lipinski definition) is 0. The molecule has 0 saturated carbocycles. The fourth-order valence-electron chi connectivity index (χ4n) is 2.95. The molecule has 2 aromatic heterocycles. The molecule has 122 valence electrons. The SMILES string of the molecule is CCC(C)c1ccc(-c2cc(-c3cc[n+](C)cc3)cc[n+]2C)cc1. The van der Waals surface area contributed by atoms with Crippen LogP contribution in [0, 0.1) is 0 Å². The Bertz CT molecular complexity index is 818. The maximum Gasteiger partial charge on any atom is 0.212 e. The number of nitrogens with zero attached hydrogens (tertiary/aromatic N) is 2. The van der Waals surface area contributed by atoms with E-state index in [1.807, 2.05) is 7.05 Å². The topological polar surface area (TPSA) is 7.76 Å². The van der Waals surface area contributed by atoms with Crippen LogP contribution in [0.5, 0.6) is 0 Å². The van der Waals surface area contributed by atoms with Crippen molar-refractivity contribution in [1.82, 2.24) is 0 Å². The molecule has 0 aliphatic rings. The summed E-state index contributed by atoms with van der Waals surface area (Å²) in [5.41, 5.74) is 6.39. The molecule has 0 saturated heterocycles. The van der Waals surface area contributed by atoms with Crippen LogP contribution in [0.3, 0.4) is 0 Å². The first kappa shape index (κ1) is 16.4. The van der Waals surface area contributed by atoms with E-state index in [0.29, 0.717) is 5.92 Å². The summed E-state index contributed by atoms with van der Waals surface area (Å²) in [4.78, 5) is 0. The minimum Gasteiger partial charge on any atom is -0.208 e. The minimum absolute atomic E-state index is 0.615. The summed E-state index contributed by atoms with van der Waals surface area (Å²) in [7, 11) is 4.14. The van der Waals surface area contributed by atoms with Crippen molar-refractivity contribution < 1.29 is 9.13 Å². The van der Waals surface area contributed by atoms with E-state index in [0.717, 1.165) is 0 Å². The van der Waals surface area contributed by atoms with Gasteiger partial charge < -0.3 is 0 Å². The third-order valence-corrected chi connectivity index (χ3v) is 4.85. The van der Waals surface area contributed by atoms with Gasteiger partial charge in [0.1, 0.15) is 14.1 Å². The quantitative estimate of drug-likeness (QED) is 0.638. The van der Waals surface area contributed by atoms with E-state index in [1.165, 1.54) is 34.4 Å². The summed E-state index contributed by atoms with van der Waals surface area (Å²) in [6.07, 6.45) is 7.49. The zero-order valence-electron chi connectivity index (χ0n) is 15.0. The molecule has 2 heteroatoms. The van der Waals surface area contributed by atoms with Crippen molar-refractivity contribution in [3.8, 4) is 22.4 Å². The van der Waals surface area contributed by atoms with Crippen LogP contribution in [0.25, 0.3) is 22.4 Å².